The zero-order valence-electron chi connectivity index (χ0n) is 10.3. The summed E-state index contributed by atoms with van der Waals surface area (Å²) in [6.45, 7) is 3.62. The van der Waals surface area contributed by atoms with E-state index < -0.39 is 6.10 Å². The molecule has 0 saturated carbocycles. The number of carbonyl (C=O) groups is 1. The highest BCUT2D eigenvalue weighted by atomic mass is 16.6. The summed E-state index contributed by atoms with van der Waals surface area (Å²) in [5.41, 5.74) is 0.967. The minimum atomic E-state index is -0.438. The van der Waals surface area contributed by atoms with Crippen molar-refractivity contribution in [2.24, 2.45) is 0 Å². The van der Waals surface area contributed by atoms with E-state index in [-0.39, 0.29) is 18.0 Å². The number of allylic oxidation sites excluding steroid dienone is 1. The quantitative estimate of drug-likeness (QED) is 0.619. The van der Waals surface area contributed by atoms with Crippen LogP contribution in [-0.4, -0.2) is 23.3 Å². The molecule has 1 aliphatic heterocycles. The molecule has 1 fully saturated rings. The topological polar surface area (TPSA) is 46.5 Å². The second kappa shape index (κ2) is 5.83. The van der Waals surface area contributed by atoms with Gasteiger partial charge in [-0.25, -0.2) is 0 Å². The predicted octanol–water partition coefficient (Wildman–Crippen LogP) is 2.41. The largest absolute Gasteiger partial charge is 0.460 e. The van der Waals surface area contributed by atoms with E-state index in [1.807, 2.05) is 30.3 Å². The Labute approximate surface area is 107 Å². The fourth-order valence-corrected chi connectivity index (χ4v) is 2.26. The van der Waals surface area contributed by atoms with Crippen molar-refractivity contribution in [3.8, 4) is 0 Å². The number of benzene rings is 1. The van der Waals surface area contributed by atoms with Crippen LogP contribution in [0.4, 0.5) is 0 Å². The molecule has 0 aliphatic carbocycles. The Morgan fingerprint density at radius 2 is 2.11 bits per heavy atom. The normalized spacial score (nSPS) is 23.9. The number of cyclic esters (lactones) is 1. The maximum atomic E-state index is 11.5. The number of aliphatic hydroxyl groups excluding tert-OH is 1. The number of carbonyl (C=O) groups excluding carboxylic acids is 1. The van der Waals surface area contributed by atoms with E-state index >= 15 is 0 Å². The van der Waals surface area contributed by atoms with Crippen LogP contribution in [0.15, 0.2) is 43.0 Å². The first kappa shape index (κ1) is 12.8. The molecule has 18 heavy (non-hydrogen) atoms. The van der Waals surface area contributed by atoms with Gasteiger partial charge in [-0.2, -0.15) is 0 Å². The lowest BCUT2D eigenvalue weighted by Gasteiger charge is -2.36. The monoisotopic (exact) mass is 246 g/mol. The molecule has 3 atom stereocenters. The highest BCUT2D eigenvalue weighted by Gasteiger charge is 2.43. The van der Waals surface area contributed by atoms with Gasteiger partial charge in [-0.3, -0.25) is 4.79 Å². The summed E-state index contributed by atoms with van der Waals surface area (Å²) in [7, 11) is 0. The highest BCUT2D eigenvalue weighted by Crippen LogP contribution is 2.35. The molecule has 3 nitrogen and oxygen atoms in total. The van der Waals surface area contributed by atoms with Crippen molar-refractivity contribution >= 4 is 5.97 Å². The fourth-order valence-electron chi connectivity index (χ4n) is 2.26. The number of esters is 1. The molecule has 1 aliphatic rings. The van der Waals surface area contributed by atoms with Crippen molar-refractivity contribution in [2.45, 2.75) is 37.4 Å². The number of rotatable bonds is 6. The van der Waals surface area contributed by atoms with Crippen LogP contribution in [0.3, 0.4) is 0 Å². The Hall–Kier alpha value is -1.61. The minimum absolute atomic E-state index is 0.192. The molecule has 1 saturated heterocycles. The second-order valence-electron chi connectivity index (χ2n) is 4.62. The van der Waals surface area contributed by atoms with Gasteiger partial charge < -0.3 is 9.84 Å². The summed E-state index contributed by atoms with van der Waals surface area (Å²) in [6, 6.07) is 9.59. The van der Waals surface area contributed by atoms with Crippen molar-refractivity contribution in [1.29, 1.82) is 0 Å². The molecule has 1 N–H and O–H groups in total. The van der Waals surface area contributed by atoms with E-state index in [0.717, 1.165) is 12.0 Å². The molecule has 0 unspecified atom stereocenters. The Balaban J connectivity index is 1.94. The van der Waals surface area contributed by atoms with Crippen LogP contribution in [0, 0.1) is 0 Å². The van der Waals surface area contributed by atoms with Gasteiger partial charge in [-0.05, 0) is 18.4 Å². The number of hydrogen-bond acceptors (Lipinski definition) is 3. The molecule has 3 heteroatoms. The maximum Gasteiger partial charge on any atom is 0.317 e. The molecule has 1 aromatic rings. The first-order chi connectivity index (χ1) is 8.72. The third kappa shape index (κ3) is 2.79. The average Bonchev–Trinajstić information content (AvgIpc) is 2.36. The van der Waals surface area contributed by atoms with Gasteiger partial charge in [-0.1, -0.05) is 36.4 Å². The van der Waals surface area contributed by atoms with Gasteiger partial charge in [0, 0.05) is 6.42 Å². The lowest BCUT2D eigenvalue weighted by atomic mass is 9.85. The van der Waals surface area contributed by atoms with Crippen molar-refractivity contribution in [2.75, 3.05) is 0 Å². The molecule has 0 bridgehead atoms. The van der Waals surface area contributed by atoms with Crippen LogP contribution < -0.4 is 0 Å². The van der Waals surface area contributed by atoms with Gasteiger partial charge in [0.1, 0.15) is 12.0 Å². The molecular formula is C15H18O3. The summed E-state index contributed by atoms with van der Waals surface area (Å²) in [6.07, 6.45) is 3.09. The van der Waals surface area contributed by atoms with Crippen LogP contribution in [-0.2, 0) is 9.53 Å². The third-order valence-corrected chi connectivity index (χ3v) is 3.26. The molecule has 0 amide bonds. The van der Waals surface area contributed by atoms with Crippen molar-refractivity contribution in [3.63, 3.8) is 0 Å². The van der Waals surface area contributed by atoms with Crippen LogP contribution in [0.5, 0.6) is 0 Å². The SMILES string of the molecule is C=CCC[C@@H](O)C[C@@H]1OC(=O)[C@H]1c1ccccc1. The molecule has 2 rings (SSSR count). The van der Waals surface area contributed by atoms with E-state index in [1.54, 1.807) is 6.08 Å². The Morgan fingerprint density at radius 3 is 2.72 bits per heavy atom. The van der Waals surface area contributed by atoms with E-state index in [1.165, 1.54) is 0 Å². The van der Waals surface area contributed by atoms with Gasteiger partial charge in [0.2, 0.25) is 0 Å². The second-order valence-corrected chi connectivity index (χ2v) is 4.62. The Bertz CT molecular complexity index is 413. The molecule has 0 aromatic heterocycles. The third-order valence-electron chi connectivity index (χ3n) is 3.26. The number of hydrogen-bond donors (Lipinski definition) is 1. The smallest absolute Gasteiger partial charge is 0.317 e. The number of ether oxygens (including phenoxy) is 1. The molecule has 1 aromatic carbocycles. The maximum absolute atomic E-state index is 11.5. The summed E-state index contributed by atoms with van der Waals surface area (Å²) in [4.78, 5) is 11.5. The Morgan fingerprint density at radius 1 is 1.39 bits per heavy atom. The zero-order chi connectivity index (χ0) is 13.0. The van der Waals surface area contributed by atoms with E-state index in [2.05, 4.69) is 6.58 Å². The van der Waals surface area contributed by atoms with Gasteiger partial charge in [-0.15, -0.1) is 6.58 Å². The number of aliphatic hydroxyl groups is 1. The zero-order valence-corrected chi connectivity index (χ0v) is 10.3. The van der Waals surface area contributed by atoms with E-state index in [4.69, 9.17) is 4.74 Å². The van der Waals surface area contributed by atoms with E-state index in [0.29, 0.717) is 12.8 Å². The first-order valence-corrected chi connectivity index (χ1v) is 6.26. The van der Waals surface area contributed by atoms with Gasteiger partial charge in [0.15, 0.2) is 0 Å². The van der Waals surface area contributed by atoms with E-state index in [9.17, 15) is 9.90 Å². The van der Waals surface area contributed by atoms with Crippen molar-refractivity contribution in [1.82, 2.24) is 0 Å². The molecule has 1 heterocycles. The molecular weight excluding hydrogens is 228 g/mol. The van der Waals surface area contributed by atoms with Crippen LogP contribution in [0.2, 0.25) is 0 Å². The molecule has 96 valence electrons. The minimum Gasteiger partial charge on any atom is -0.460 e. The summed E-state index contributed by atoms with van der Waals surface area (Å²) >= 11 is 0. The first-order valence-electron chi connectivity index (χ1n) is 6.26. The van der Waals surface area contributed by atoms with Gasteiger partial charge in [0.25, 0.3) is 0 Å². The van der Waals surface area contributed by atoms with Crippen LogP contribution in [0.1, 0.15) is 30.7 Å². The molecule has 0 spiro atoms. The predicted molar refractivity (Wildman–Crippen MR) is 69.1 cm³/mol. The fraction of sp³-hybridized carbons (Fsp3) is 0.400. The lowest BCUT2D eigenvalue weighted by Crippen LogP contribution is -2.44. The van der Waals surface area contributed by atoms with Crippen molar-refractivity contribution in [3.05, 3.63) is 48.6 Å². The average molecular weight is 246 g/mol. The standard InChI is InChI=1S/C15H18O3/c1-2-3-9-12(16)10-13-14(15(17)18-13)11-7-5-4-6-8-11/h2,4-8,12-14,16H,1,3,9-10H2/t12-,13+,14+/m1/s1. The van der Waals surface area contributed by atoms with Crippen LogP contribution >= 0.6 is 0 Å². The highest BCUT2D eigenvalue weighted by molar-refractivity contribution is 5.84. The summed E-state index contributed by atoms with van der Waals surface area (Å²) in [5, 5.41) is 9.83. The lowest BCUT2D eigenvalue weighted by molar-refractivity contribution is -0.178. The van der Waals surface area contributed by atoms with Gasteiger partial charge in [0.05, 0.1) is 6.10 Å². The summed E-state index contributed by atoms with van der Waals surface area (Å²) < 4.78 is 5.13. The van der Waals surface area contributed by atoms with Gasteiger partial charge >= 0.3 is 5.97 Å². The Kier molecular flexibility index (Phi) is 4.15. The van der Waals surface area contributed by atoms with Crippen LogP contribution in [0.25, 0.3) is 0 Å². The van der Waals surface area contributed by atoms with Crippen molar-refractivity contribution < 1.29 is 14.6 Å². The molecule has 0 radical (unpaired) electrons. The summed E-state index contributed by atoms with van der Waals surface area (Å²) in [5.74, 6) is -0.410.